The highest BCUT2D eigenvalue weighted by molar-refractivity contribution is 7.13. The van der Waals surface area contributed by atoms with Gasteiger partial charge in [0.05, 0.1) is 22.7 Å². The van der Waals surface area contributed by atoms with E-state index < -0.39 is 18.7 Å². The summed E-state index contributed by atoms with van der Waals surface area (Å²) < 4.78 is 47.4. The molecule has 0 bridgehead atoms. The number of anilines is 1. The number of aromatic nitrogens is 1. The molecule has 3 aromatic rings. The molecular formula is C18H15F3N2O3S. The standard InChI is InChI=1S/C18H15F3N2O3S/c1-11-13(23-17(26-11)15-7-4-8-27-15)9-16(24)22-12-5-2-3-6-14(12)25-10-18(19,20)21/h2-8H,9-10H2,1H3,(H,22,24). The summed E-state index contributed by atoms with van der Waals surface area (Å²) >= 11 is 1.46. The Morgan fingerprint density at radius 1 is 1.26 bits per heavy atom. The lowest BCUT2D eigenvalue weighted by Crippen LogP contribution is -2.21. The molecule has 0 saturated heterocycles. The molecule has 1 aromatic carbocycles. The van der Waals surface area contributed by atoms with Crippen LogP contribution < -0.4 is 10.1 Å². The number of ether oxygens (including phenoxy) is 1. The van der Waals surface area contributed by atoms with Gasteiger partial charge in [-0.1, -0.05) is 18.2 Å². The Kier molecular flexibility index (Phi) is 5.50. The van der Waals surface area contributed by atoms with Gasteiger partial charge in [-0.2, -0.15) is 13.2 Å². The lowest BCUT2D eigenvalue weighted by Gasteiger charge is -2.13. The molecule has 5 nitrogen and oxygen atoms in total. The number of amides is 1. The molecule has 27 heavy (non-hydrogen) atoms. The predicted molar refractivity (Wildman–Crippen MR) is 94.9 cm³/mol. The number of hydrogen-bond donors (Lipinski definition) is 1. The molecule has 0 unspecified atom stereocenters. The first-order chi connectivity index (χ1) is 12.8. The zero-order valence-electron chi connectivity index (χ0n) is 14.2. The van der Waals surface area contributed by atoms with Gasteiger partial charge in [0, 0.05) is 0 Å². The molecule has 2 heterocycles. The minimum atomic E-state index is -4.47. The Morgan fingerprint density at radius 2 is 2.04 bits per heavy atom. The molecular weight excluding hydrogens is 381 g/mol. The molecule has 0 aliphatic rings. The zero-order chi connectivity index (χ0) is 19.4. The number of thiophene rings is 1. The van der Waals surface area contributed by atoms with E-state index in [1.54, 1.807) is 13.0 Å². The summed E-state index contributed by atoms with van der Waals surface area (Å²) in [6, 6.07) is 9.66. The van der Waals surface area contributed by atoms with Crippen molar-refractivity contribution in [1.29, 1.82) is 0 Å². The molecule has 2 aromatic heterocycles. The summed E-state index contributed by atoms with van der Waals surface area (Å²) in [4.78, 5) is 17.5. The Morgan fingerprint density at radius 3 is 2.74 bits per heavy atom. The topological polar surface area (TPSA) is 64.4 Å². The quantitative estimate of drug-likeness (QED) is 0.648. The van der Waals surface area contributed by atoms with Crippen molar-refractivity contribution < 1.29 is 27.1 Å². The minimum Gasteiger partial charge on any atom is -0.482 e. The maximum Gasteiger partial charge on any atom is 0.422 e. The van der Waals surface area contributed by atoms with Crippen molar-refractivity contribution in [2.45, 2.75) is 19.5 Å². The highest BCUT2D eigenvalue weighted by Gasteiger charge is 2.29. The number of nitrogens with one attached hydrogen (secondary N) is 1. The van der Waals surface area contributed by atoms with Crippen LogP contribution in [0.5, 0.6) is 5.75 Å². The fraction of sp³-hybridized carbons (Fsp3) is 0.222. The molecule has 1 N–H and O–H groups in total. The van der Waals surface area contributed by atoms with E-state index in [1.807, 2.05) is 17.5 Å². The van der Waals surface area contributed by atoms with E-state index in [-0.39, 0.29) is 17.9 Å². The molecule has 0 atom stereocenters. The summed E-state index contributed by atoms with van der Waals surface area (Å²) in [6.07, 6.45) is -4.54. The predicted octanol–water partition coefficient (Wildman–Crippen LogP) is 4.83. The number of carbonyl (C=O) groups is 1. The molecule has 0 fully saturated rings. The summed E-state index contributed by atoms with van der Waals surface area (Å²) in [5.74, 6) is 0.445. The van der Waals surface area contributed by atoms with Gasteiger partial charge < -0.3 is 14.5 Å². The third kappa shape index (κ3) is 5.10. The Balaban J connectivity index is 1.68. The Labute approximate surface area is 156 Å². The highest BCUT2D eigenvalue weighted by Crippen LogP contribution is 2.28. The van der Waals surface area contributed by atoms with Crippen LogP contribution >= 0.6 is 11.3 Å². The van der Waals surface area contributed by atoms with Crippen LogP contribution in [0.4, 0.5) is 18.9 Å². The van der Waals surface area contributed by atoms with E-state index in [0.29, 0.717) is 17.3 Å². The van der Waals surface area contributed by atoms with Gasteiger partial charge in [0.1, 0.15) is 11.5 Å². The smallest absolute Gasteiger partial charge is 0.422 e. The van der Waals surface area contributed by atoms with E-state index in [1.165, 1.54) is 29.5 Å². The fourth-order valence-corrected chi connectivity index (χ4v) is 2.95. The van der Waals surface area contributed by atoms with Crippen LogP contribution in [0.1, 0.15) is 11.5 Å². The van der Waals surface area contributed by atoms with Crippen molar-refractivity contribution >= 4 is 22.9 Å². The van der Waals surface area contributed by atoms with E-state index >= 15 is 0 Å². The lowest BCUT2D eigenvalue weighted by molar-refractivity contribution is -0.153. The van der Waals surface area contributed by atoms with E-state index in [0.717, 1.165) is 4.88 Å². The third-order valence-corrected chi connectivity index (χ3v) is 4.36. The number of halogens is 3. The lowest BCUT2D eigenvalue weighted by atomic mass is 10.2. The van der Waals surface area contributed by atoms with Crippen LogP contribution in [0.2, 0.25) is 0 Å². The van der Waals surface area contributed by atoms with Crippen molar-refractivity contribution in [3.8, 4) is 16.5 Å². The number of nitrogens with zero attached hydrogens (tertiary/aromatic N) is 1. The van der Waals surface area contributed by atoms with E-state index in [2.05, 4.69) is 10.3 Å². The van der Waals surface area contributed by atoms with Crippen LogP contribution in [0.15, 0.2) is 46.2 Å². The minimum absolute atomic E-state index is 0.0562. The average Bonchev–Trinajstić information content (AvgIpc) is 3.24. The molecule has 142 valence electrons. The average molecular weight is 396 g/mol. The SMILES string of the molecule is Cc1oc(-c2cccs2)nc1CC(=O)Nc1ccccc1OCC(F)(F)F. The number of aryl methyl sites for hydroxylation is 1. The van der Waals surface area contributed by atoms with Gasteiger partial charge in [-0.05, 0) is 30.5 Å². The first-order valence-corrected chi connectivity index (χ1v) is 8.78. The number of rotatable bonds is 6. The number of benzene rings is 1. The largest absolute Gasteiger partial charge is 0.482 e. The van der Waals surface area contributed by atoms with Crippen molar-refractivity contribution in [3.63, 3.8) is 0 Å². The summed E-state index contributed by atoms with van der Waals surface area (Å²) in [6.45, 7) is 0.263. The second kappa shape index (κ2) is 7.83. The molecule has 0 radical (unpaired) electrons. The summed E-state index contributed by atoms with van der Waals surface area (Å²) in [5, 5.41) is 4.44. The Bertz CT molecular complexity index is 920. The van der Waals surface area contributed by atoms with Gasteiger partial charge in [0.25, 0.3) is 0 Å². The normalized spacial score (nSPS) is 11.4. The number of hydrogen-bond acceptors (Lipinski definition) is 5. The zero-order valence-corrected chi connectivity index (χ0v) is 15.0. The first-order valence-electron chi connectivity index (χ1n) is 7.90. The van der Waals surface area contributed by atoms with E-state index in [4.69, 9.17) is 9.15 Å². The van der Waals surface area contributed by atoms with Gasteiger partial charge in [-0.15, -0.1) is 11.3 Å². The maximum absolute atomic E-state index is 12.4. The number of oxazole rings is 1. The van der Waals surface area contributed by atoms with Crippen LogP contribution in [0.25, 0.3) is 10.8 Å². The number of carbonyl (C=O) groups excluding carboxylic acids is 1. The van der Waals surface area contributed by atoms with Gasteiger partial charge >= 0.3 is 6.18 Å². The first kappa shape index (κ1) is 19.0. The molecule has 0 aliphatic heterocycles. The number of para-hydroxylation sites is 2. The van der Waals surface area contributed by atoms with Crippen LogP contribution in [-0.2, 0) is 11.2 Å². The molecule has 0 spiro atoms. The van der Waals surface area contributed by atoms with Gasteiger partial charge in [0.15, 0.2) is 6.61 Å². The highest BCUT2D eigenvalue weighted by atomic mass is 32.1. The summed E-state index contributed by atoms with van der Waals surface area (Å²) in [5.41, 5.74) is 0.621. The molecule has 0 saturated carbocycles. The second-order valence-electron chi connectivity index (χ2n) is 5.62. The monoisotopic (exact) mass is 396 g/mol. The van der Waals surface area contributed by atoms with Crippen molar-refractivity contribution in [2.75, 3.05) is 11.9 Å². The maximum atomic E-state index is 12.4. The van der Waals surface area contributed by atoms with Crippen LogP contribution in [0, 0.1) is 6.92 Å². The fourth-order valence-electron chi connectivity index (χ4n) is 2.30. The van der Waals surface area contributed by atoms with Gasteiger partial charge in [0.2, 0.25) is 11.8 Å². The molecule has 0 aliphatic carbocycles. The Hall–Kier alpha value is -2.81. The molecule has 3 rings (SSSR count). The van der Waals surface area contributed by atoms with Gasteiger partial charge in [-0.3, -0.25) is 4.79 Å². The molecule has 9 heteroatoms. The number of alkyl halides is 3. The van der Waals surface area contributed by atoms with Crippen LogP contribution in [0.3, 0.4) is 0 Å². The van der Waals surface area contributed by atoms with Crippen molar-refractivity contribution in [2.24, 2.45) is 0 Å². The van der Waals surface area contributed by atoms with E-state index in [9.17, 15) is 18.0 Å². The van der Waals surface area contributed by atoms with Crippen molar-refractivity contribution in [3.05, 3.63) is 53.2 Å². The van der Waals surface area contributed by atoms with Crippen LogP contribution in [-0.4, -0.2) is 23.7 Å². The summed E-state index contributed by atoms with van der Waals surface area (Å²) in [7, 11) is 0. The second-order valence-corrected chi connectivity index (χ2v) is 6.57. The van der Waals surface area contributed by atoms with Crippen molar-refractivity contribution in [1.82, 2.24) is 4.98 Å². The molecule has 1 amide bonds. The van der Waals surface area contributed by atoms with Gasteiger partial charge in [-0.25, -0.2) is 4.98 Å². The third-order valence-electron chi connectivity index (χ3n) is 3.51.